The molecule has 0 spiro atoms. The van der Waals surface area contributed by atoms with Gasteiger partial charge in [-0.1, -0.05) is 56.3 Å². The minimum absolute atomic E-state index is 0. The van der Waals surface area contributed by atoms with Crippen molar-refractivity contribution in [3.05, 3.63) is 59.2 Å². The van der Waals surface area contributed by atoms with Crippen LogP contribution in [0.25, 0.3) is 11.1 Å². The molecule has 0 radical (unpaired) electrons. The summed E-state index contributed by atoms with van der Waals surface area (Å²) in [5.74, 6) is 0.705. The molecule has 2 N–H and O–H groups in total. The second-order valence-electron chi connectivity index (χ2n) is 5.64. The normalized spacial score (nSPS) is 10.4. The fraction of sp³-hybridized carbons (Fsp3) is 0.333. The Kier molecular flexibility index (Phi) is 6.25. The predicted molar refractivity (Wildman–Crippen MR) is 90.3 cm³/mol. The smallest absolute Gasteiger partial charge is 0.0180 e. The molecule has 0 bridgehead atoms. The van der Waals surface area contributed by atoms with Gasteiger partial charge in [0, 0.05) is 6.54 Å². The quantitative estimate of drug-likeness (QED) is 0.864. The van der Waals surface area contributed by atoms with Gasteiger partial charge in [-0.15, -0.1) is 12.4 Å². The highest BCUT2D eigenvalue weighted by atomic mass is 35.5. The third kappa shape index (κ3) is 4.09. The molecule has 2 heteroatoms. The Morgan fingerprint density at radius 2 is 1.55 bits per heavy atom. The Morgan fingerprint density at radius 3 is 2.05 bits per heavy atom. The molecular formula is C18H24ClN. The highest BCUT2D eigenvalue weighted by Gasteiger charge is 2.02. The predicted octanol–water partition coefficient (Wildman–Crippen LogP) is 4.74. The van der Waals surface area contributed by atoms with E-state index >= 15 is 0 Å². The molecule has 0 aliphatic rings. The van der Waals surface area contributed by atoms with Crippen LogP contribution in [0.15, 0.2) is 42.5 Å². The number of rotatable bonds is 4. The van der Waals surface area contributed by atoms with E-state index in [9.17, 15) is 0 Å². The summed E-state index contributed by atoms with van der Waals surface area (Å²) in [6.07, 6.45) is 1.14. The summed E-state index contributed by atoms with van der Waals surface area (Å²) in [7, 11) is 0. The number of hydrogen-bond acceptors (Lipinski definition) is 1. The molecule has 0 aliphatic heterocycles. The third-order valence-corrected chi connectivity index (χ3v) is 3.49. The van der Waals surface area contributed by atoms with Crippen molar-refractivity contribution in [2.24, 2.45) is 11.7 Å². The summed E-state index contributed by atoms with van der Waals surface area (Å²) in [6.45, 7) is 7.24. The molecule has 2 rings (SSSR count). The molecule has 0 unspecified atom stereocenters. The molecule has 0 saturated heterocycles. The number of aryl methyl sites for hydroxylation is 1. The van der Waals surface area contributed by atoms with E-state index in [0.717, 1.165) is 6.42 Å². The zero-order valence-corrected chi connectivity index (χ0v) is 13.3. The highest BCUT2D eigenvalue weighted by Crippen LogP contribution is 2.23. The molecule has 0 aromatic heterocycles. The molecule has 108 valence electrons. The van der Waals surface area contributed by atoms with Crippen LogP contribution in [0.2, 0.25) is 0 Å². The van der Waals surface area contributed by atoms with Crippen molar-refractivity contribution in [2.75, 3.05) is 0 Å². The summed E-state index contributed by atoms with van der Waals surface area (Å²) in [6, 6.07) is 15.4. The molecule has 0 saturated carbocycles. The first-order valence-electron chi connectivity index (χ1n) is 6.99. The summed E-state index contributed by atoms with van der Waals surface area (Å²) in [5, 5.41) is 0. The van der Waals surface area contributed by atoms with Gasteiger partial charge in [0.2, 0.25) is 0 Å². The largest absolute Gasteiger partial charge is 0.326 e. The lowest BCUT2D eigenvalue weighted by molar-refractivity contribution is 0.647. The van der Waals surface area contributed by atoms with Crippen LogP contribution in [0.3, 0.4) is 0 Å². The minimum Gasteiger partial charge on any atom is -0.326 e. The summed E-state index contributed by atoms with van der Waals surface area (Å²) >= 11 is 0. The lowest BCUT2D eigenvalue weighted by Crippen LogP contribution is -1.98. The molecule has 0 amide bonds. The average Bonchev–Trinajstić information content (AvgIpc) is 2.39. The van der Waals surface area contributed by atoms with Gasteiger partial charge < -0.3 is 5.73 Å². The maximum atomic E-state index is 5.71. The van der Waals surface area contributed by atoms with Crippen molar-refractivity contribution >= 4 is 12.4 Å². The van der Waals surface area contributed by atoms with Crippen LogP contribution < -0.4 is 5.73 Å². The molecule has 2 aromatic carbocycles. The Bertz CT molecular complexity index is 544. The van der Waals surface area contributed by atoms with Gasteiger partial charge in [-0.2, -0.15) is 0 Å². The summed E-state index contributed by atoms with van der Waals surface area (Å²) < 4.78 is 0. The number of nitrogens with two attached hydrogens (primary N) is 1. The van der Waals surface area contributed by atoms with Crippen LogP contribution >= 0.6 is 12.4 Å². The number of benzene rings is 2. The van der Waals surface area contributed by atoms with Gasteiger partial charge in [-0.25, -0.2) is 0 Å². The molecule has 0 atom stereocenters. The van der Waals surface area contributed by atoms with Gasteiger partial charge in [0.25, 0.3) is 0 Å². The average molecular weight is 290 g/mol. The lowest BCUT2D eigenvalue weighted by atomic mass is 9.97. The van der Waals surface area contributed by atoms with E-state index in [2.05, 4.69) is 63.2 Å². The Labute approximate surface area is 128 Å². The highest BCUT2D eigenvalue weighted by molar-refractivity contribution is 5.85. The van der Waals surface area contributed by atoms with Gasteiger partial charge in [-0.3, -0.25) is 0 Å². The first-order valence-corrected chi connectivity index (χ1v) is 6.99. The van der Waals surface area contributed by atoms with Crippen molar-refractivity contribution in [1.29, 1.82) is 0 Å². The topological polar surface area (TPSA) is 26.0 Å². The zero-order chi connectivity index (χ0) is 13.8. The van der Waals surface area contributed by atoms with E-state index in [-0.39, 0.29) is 12.4 Å². The number of hydrogen-bond donors (Lipinski definition) is 1. The molecule has 0 fully saturated rings. The fourth-order valence-corrected chi connectivity index (χ4v) is 2.41. The van der Waals surface area contributed by atoms with Gasteiger partial charge in [0.05, 0.1) is 0 Å². The van der Waals surface area contributed by atoms with Crippen LogP contribution in [0.5, 0.6) is 0 Å². The first-order chi connectivity index (χ1) is 9.10. The van der Waals surface area contributed by atoms with Crippen molar-refractivity contribution in [1.82, 2.24) is 0 Å². The summed E-state index contributed by atoms with van der Waals surface area (Å²) in [5.41, 5.74) is 12.2. The molecule has 0 heterocycles. The fourth-order valence-electron chi connectivity index (χ4n) is 2.41. The van der Waals surface area contributed by atoms with Crippen molar-refractivity contribution in [3.8, 4) is 11.1 Å². The van der Waals surface area contributed by atoms with Crippen LogP contribution in [0, 0.1) is 12.8 Å². The Hall–Kier alpha value is -1.31. The van der Waals surface area contributed by atoms with E-state index in [1.165, 1.54) is 27.8 Å². The monoisotopic (exact) mass is 289 g/mol. The maximum absolute atomic E-state index is 5.71. The Balaban J connectivity index is 0.00000200. The van der Waals surface area contributed by atoms with Gasteiger partial charge in [0.1, 0.15) is 0 Å². The number of halogens is 1. The Morgan fingerprint density at radius 1 is 0.950 bits per heavy atom. The molecule has 1 nitrogen and oxygen atoms in total. The van der Waals surface area contributed by atoms with Crippen LogP contribution in [-0.2, 0) is 13.0 Å². The van der Waals surface area contributed by atoms with E-state index in [0.29, 0.717) is 12.5 Å². The molecule has 2 aromatic rings. The second kappa shape index (κ2) is 7.47. The van der Waals surface area contributed by atoms with Crippen LogP contribution in [0.1, 0.15) is 30.5 Å². The molecule has 20 heavy (non-hydrogen) atoms. The van der Waals surface area contributed by atoms with Gasteiger partial charge in [0.15, 0.2) is 0 Å². The minimum atomic E-state index is 0. The van der Waals surface area contributed by atoms with Gasteiger partial charge in [-0.05, 0) is 47.1 Å². The maximum Gasteiger partial charge on any atom is 0.0180 e. The van der Waals surface area contributed by atoms with Crippen molar-refractivity contribution < 1.29 is 0 Å². The van der Waals surface area contributed by atoms with E-state index in [1.54, 1.807) is 0 Å². The molecule has 0 aliphatic carbocycles. The molecular weight excluding hydrogens is 266 g/mol. The summed E-state index contributed by atoms with van der Waals surface area (Å²) in [4.78, 5) is 0. The van der Waals surface area contributed by atoms with Crippen molar-refractivity contribution in [2.45, 2.75) is 33.7 Å². The van der Waals surface area contributed by atoms with Gasteiger partial charge >= 0.3 is 0 Å². The standard InChI is InChI=1S/C18H23N.ClH/c1-13(2)10-15-4-6-16(7-5-15)17-8-9-18(12-19)14(3)11-17;/h4-9,11,13H,10,12,19H2,1-3H3;1H. The third-order valence-electron chi connectivity index (χ3n) is 3.49. The van der Waals surface area contributed by atoms with E-state index < -0.39 is 0 Å². The first kappa shape index (κ1) is 16.7. The van der Waals surface area contributed by atoms with Crippen LogP contribution in [0.4, 0.5) is 0 Å². The van der Waals surface area contributed by atoms with Crippen molar-refractivity contribution in [3.63, 3.8) is 0 Å². The van der Waals surface area contributed by atoms with E-state index in [1.807, 2.05) is 0 Å². The lowest BCUT2D eigenvalue weighted by Gasteiger charge is -2.09. The SMILES string of the molecule is Cc1cc(-c2ccc(CC(C)C)cc2)ccc1CN.Cl. The van der Waals surface area contributed by atoms with Crippen LogP contribution in [-0.4, -0.2) is 0 Å². The van der Waals surface area contributed by atoms with E-state index in [4.69, 9.17) is 5.73 Å². The zero-order valence-electron chi connectivity index (χ0n) is 12.5. The second-order valence-corrected chi connectivity index (χ2v) is 5.64.